The molecule has 0 aliphatic carbocycles. The number of nitrogens with one attached hydrogen (secondary N) is 2. The van der Waals surface area contributed by atoms with E-state index in [9.17, 15) is 9.59 Å². The van der Waals surface area contributed by atoms with Crippen LogP contribution >= 0.6 is 0 Å². The van der Waals surface area contributed by atoms with Gasteiger partial charge in [-0.1, -0.05) is 25.5 Å². The average Bonchev–Trinajstić information content (AvgIpc) is 2.76. The predicted octanol–water partition coefficient (Wildman–Crippen LogP) is 2.57. The highest BCUT2D eigenvalue weighted by Gasteiger charge is 2.26. The normalized spacial score (nSPS) is 15.1. The van der Waals surface area contributed by atoms with Crippen molar-refractivity contribution in [1.82, 2.24) is 15.5 Å². The molecule has 1 aliphatic heterocycles. The van der Waals surface area contributed by atoms with Gasteiger partial charge in [0.25, 0.3) is 5.91 Å². The van der Waals surface area contributed by atoms with Gasteiger partial charge in [-0.3, -0.25) is 9.59 Å². The molecule has 7 heteroatoms. The molecule has 0 aromatic heterocycles. The molecule has 1 fully saturated rings. The molecule has 0 bridgehead atoms. The van der Waals surface area contributed by atoms with E-state index in [-0.39, 0.29) is 17.8 Å². The van der Waals surface area contributed by atoms with Crippen molar-refractivity contribution in [2.45, 2.75) is 46.1 Å². The van der Waals surface area contributed by atoms with Crippen LogP contribution in [0.15, 0.2) is 29.3 Å². The molecular formula is C22H34N4O3. The topological polar surface area (TPSA) is 83.0 Å². The quantitative estimate of drug-likeness (QED) is 0.302. The van der Waals surface area contributed by atoms with Gasteiger partial charge in [0.15, 0.2) is 5.96 Å². The summed E-state index contributed by atoms with van der Waals surface area (Å²) >= 11 is 0. The first-order valence-electron chi connectivity index (χ1n) is 10.6. The summed E-state index contributed by atoms with van der Waals surface area (Å²) in [6, 6.07) is 7.60. The number of nitrogens with zero attached hydrogens (tertiary/aromatic N) is 2. The highest BCUT2D eigenvalue weighted by molar-refractivity contribution is 5.94. The lowest BCUT2D eigenvalue weighted by molar-refractivity contribution is -0.146. The van der Waals surface area contributed by atoms with Crippen LogP contribution in [0.5, 0.6) is 0 Å². The minimum absolute atomic E-state index is 0.0184. The van der Waals surface area contributed by atoms with Crippen LogP contribution in [0.4, 0.5) is 0 Å². The van der Waals surface area contributed by atoms with E-state index < -0.39 is 0 Å². The number of methoxy groups -OCH3 is 1. The predicted molar refractivity (Wildman–Crippen MR) is 115 cm³/mol. The van der Waals surface area contributed by atoms with Gasteiger partial charge in [-0.25, -0.2) is 4.99 Å². The maximum Gasteiger partial charge on any atom is 0.308 e. The van der Waals surface area contributed by atoms with Crippen molar-refractivity contribution in [3.8, 4) is 0 Å². The third-order valence-corrected chi connectivity index (χ3v) is 5.11. The maximum absolute atomic E-state index is 12.1. The molecule has 1 amide bonds. The van der Waals surface area contributed by atoms with Crippen LogP contribution in [-0.2, 0) is 16.1 Å². The van der Waals surface area contributed by atoms with E-state index in [1.54, 1.807) is 0 Å². The molecule has 1 heterocycles. The van der Waals surface area contributed by atoms with E-state index in [4.69, 9.17) is 9.73 Å². The summed E-state index contributed by atoms with van der Waals surface area (Å²) in [5.74, 6) is 0.688. The summed E-state index contributed by atoms with van der Waals surface area (Å²) in [5, 5.41) is 6.26. The monoisotopic (exact) mass is 402 g/mol. The second kappa shape index (κ2) is 12.1. The summed E-state index contributed by atoms with van der Waals surface area (Å²) in [4.78, 5) is 30.8. The van der Waals surface area contributed by atoms with Crippen LogP contribution in [0.2, 0.25) is 0 Å². The molecule has 7 nitrogen and oxygen atoms in total. The largest absolute Gasteiger partial charge is 0.469 e. The molecule has 2 N–H and O–H groups in total. The summed E-state index contributed by atoms with van der Waals surface area (Å²) in [5.41, 5.74) is 1.72. The Bertz CT molecular complexity index is 680. The summed E-state index contributed by atoms with van der Waals surface area (Å²) in [7, 11) is 1.44. The zero-order valence-corrected chi connectivity index (χ0v) is 17.9. The first kappa shape index (κ1) is 22.7. The summed E-state index contributed by atoms with van der Waals surface area (Å²) in [6.45, 7) is 7.74. The van der Waals surface area contributed by atoms with Gasteiger partial charge in [0, 0.05) is 31.7 Å². The number of piperidine rings is 1. The Morgan fingerprint density at radius 3 is 2.41 bits per heavy atom. The van der Waals surface area contributed by atoms with E-state index in [2.05, 4.69) is 22.5 Å². The highest BCUT2D eigenvalue weighted by atomic mass is 16.5. The van der Waals surface area contributed by atoms with Gasteiger partial charge in [-0.15, -0.1) is 0 Å². The Kier molecular flexibility index (Phi) is 9.47. The number of carbonyl (C=O) groups excluding carboxylic acids is 2. The molecular weight excluding hydrogens is 368 g/mol. The SMILES string of the molecule is CCCCNC(=O)c1ccc(CN=C(NCC)N2CCC(C(=O)OC)CC2)cc1. The van der Waals surface area contributed by atoms with Gasteiger partial charge in [-0.2, -0.15) is 0 Å². The number of hydrogen-bond acceptors (Lipinski definition) is 4. The lowest BCUT2D eigenvalue weighted by Crippen LogP contribution is -2.46. The van der Waals surface area contributed by atoms with Gasteiger partial charge < -0.3 is 20.3 Å². The van der Waals surface area contributed by atoms with Crippen molar-refractivity contribution >= 4 is 17.8 Å². The third-order valence-electron chi connectivity index (χ3n) is 5.11. The number of esters is 1. The maximum atomic E-state index is 12.1. The molecule has 0 spiro atoms. The number of rotatable bonds is 8. The van der Waals surface area contributed by atoms with Crippen LogP contribution in [0.3, 0.4) is 0 Å². The van der Waals surface area contributed by atoms with E-state index in [0.29, 0.717) is 18.7 Å². The fourth-order valence-electron chi connectivity index (χ4n) is 3.33. The van der Waals surface area contributed by atoms with Gasteiger partial charge in [0.1, 0.15) is 0 Å². The summed E-state index contributed by atoms with van der Waals surface area (Å²) in [6.07, 6.45) is 3.60. The van der Waals surface area contributed by atoms with Gasteiger partial charge >= 0.3 is 5.97 Å². The van der Waals surface area contributed by atoms with Crippen LogP contribution < -0.4 is 10.6 Å². The van der Waals surface area contributed by atoms with E-state index in [0.717, 1.165) is 56.8 Å². The first-order valence-corrected chi connectivity index (χ1v) is 10.6. The number of benzene rings is 1. The number of guanidine groups is 1. The standard InChI is InChI=1S/C22H34N4O3/c1-4-6-13-24-20(27)18-9-7-17(8-10-18)16-25-22(23-5-2)26-14-11-19(12-15-26)21(28)29-3/h7-10,19H,4-6,11-16H2,1-3H3,(H,23,25)(H,24,27). The zero-order chi connectivity index (χ0) is 21.1. The molecule has 2 rings (SSSR count). The Morgan fingerprint density at radius 1 is 1.14 bits per heavy atom. The molecule has 0 unspecified atom stereocenters. The fourth-order valence-corrected chi connectivity index (χ4v) is 3.33. The van der Waals surface area contributed by atoms with Gasteiger partial charge in [0.2, 0.25) is 0 Å². The van der Waals surface area contributed by atoms with E-state index >= 15 is 0 Å². The van der Waals surface area contributed by atoms with Crippen molar-refractivity contribution < 1.29 is 14.3 Å². The lowest BCUT2D eigenvalue weighted by atomic mass is 9.97. The minimum atomic E-state index is -0.120. The smallest absolute Gasteiger partial charge is 0.308 e. The summed E-state index contributed by atoms with van der Waals surface area (Å²) < 4.78 is 4.86. The molecule has 1 aromatic carbocycles. The Balaban J connectivity index is 1.93. The molecule has 1 aliphatic rings. The molecule has 160 valence electrons. The Labute approximate surface area is 173 Å². The average molecular weight is 403 g/mol. The third kappa shape index (κ3) is 7.07. The zero-order valence-electron chi connectivity index (χ0n) is 17.9. The fraction of sp³-hybridized carbons (Fsp3) is 0.591. The molecule has 0 atom stereocenters. The van der Waals surface area contributed by atoms with Crippen molar-refractivity contribution in [3.05, 3.63) is 35.4 Å². The van der Waals surface area contributed by atoms with E-state index in [1.807, 2.05) is 31.2 Å². The Hall–Kier alpha value is -2.57. The van der Waals surface area contributed by atoms with Crippen LogP contribution in [0.1, 0.15) is 55.5 Å². The highest BCUT2D eigenvalue weighted by Crippen LogP contribution is 2.18. The number of unbranched alkanes of at least 4 members (excludes halogenated alkanes) is 1. The second-order valence-corrected chi connectivity index (χ2v) is 7.26. The first-order chi connectivity index (χ1) is 14.1. The second-order valence-electron chi connectivity index (χ2n) is 7.26. The lowest BCUT2D eigenvalue weighted by Gasteiger charge is -2.33. The number of hydrogen-bond donors (Lipinski definition) is 2. The molecule has 29 heavy (non-hydrogen) atoms. The van der Waals surface area contributed by atoms with Crippen molar-refractivity contribution in [3.63, 3.8) is 0 Å². The van der Waals surface area contributed by atoms with Crippen LogP contribution in [-0.4, -0.2) is 56.0 Å². The number of amides is 1. The van der Waals surface area contributed by atoms with Crippen LogP contribution in [0, 0.1) is 5.92 Å². The molecule has 1 saturated heterocycles. The molecule has 0 radical (unpaired) electrons. The molecule has 0 saturated carbocycles. The minimum Gasteiger partial charge on any atom is -0.469 e. The van der Waals surface area contributed by atoms with Crippen molar-refractivity contribution in [2.24, 2.45) is 10.9 Å². The number of ether oxygens (including phenoxy) is 1. The van der Waals surface area contributed by atoms with Gasteiger partial charge in [-0.05, 0) is 43.9 Å². The number of likely N-dealkylation sites (tertiary alicyclic amines) is 1. The van der Waals surface area contributed by atoms with Crippen molar-refractivity contribution in [1.29, 1.82) is 0 Å². The number of carbonyl (C=O) groups is 2. The van der Waals surface area contributed by atoms with E-state index in [1.165, 1.54) is 7.11 Å². The van der Waals surface area contributed by atoms with Crippen molar-refractivity contribution in [2.75, 3.05) is 33.3 Å². The van der Waals surface area contributed by atoms with Crippen LogP contribution in [0.25, 0.3) is 0 Å². The Morgan fingerprint density at radius 2 is 1.83 bits per heavy atom. The molecule has 1 aromatic rings. The number of aliphatic imine (C=N–C) groups is 1. The van der Waals surface area contributed by atoms with Gasteiger partial charge in [0.05, 0.1) is 19.6 Å².